The number of nitrogens with one attached hydrogen (secondary N) is 3. The lowest BCUT2D eigenvalue weighted by atomic mass is 10.1. The molecule has 0 bridgehead atoms. The quantitative estimate of drug-likeness (QED) is 0.420. The summed E-state index contributed by atoms with van der Waals surface area (Å²) in [5.41, 5.74) is 3.63. The number of rotatable bonds is 5. The summed E-state index contributed by atoms with van der Waals surface area (Å²) >= 11 is 0. The first-order chi connectivity index (χ1) is 13.7. The number of aliphatic hydroxyl groups is 1. The number of hydrogen-bond acceptors (Lipinski definition) is 6. The van der Waals surface area contributed by atoms with E-state index in [-0.39, 0.29) is 8.96 Å². The molecule has 8 heteroatoms. The van der Waals surface area contributed by atoms with E-state index in [0.29, 0.717) is 11.9 Å². The highest BCUT2D eigenvalue weighted by molar-refractivity contribution is 5.85. The van der Waals surface area contributed by atoms with Crippen molar-refractivity contribution < 1.29 is 7.96 Å². The van der Waals surface area contributed by atoms with Crippen LogP contribution in [-0.4, -0.2) is 42.6 Å². The monoisotopic (exact) mass is 381 g/mol. The molecule has 1 aliphatic rings. The van der Waals surface area contributed by atoms with E-state index in [1.54, 1.807) is 0 Å². The average Bonchev–Trinajstić information content (AvgIpc) is 3.39. The SMILES string of the molecule is Cc1[nH]nc2cc(Nc3nc4cccc(NC[C@@H]5CC[C@H](O)C5)n4n3)ccc12.[HH].[HH]. The lowest BCUT2D eigenvalue weighted by Gasteiger charge is -2.12. The fraction of sp³-hybridized carbons (Fsp3) is 0.350. The number of aryl methyl sites for hydroxylation is 1. The normalized spacial score (nSPS) is 19.5. The van der Waals surface area contributed by atoms with Crippen molar-refractivity contribution in [2.45, 2.75) is 32.3 Å². The van der Waals surface area contributed by atoms with Gasteiger partial charge in [-0.2, -0.15) is 14.6 Å². The minimum absolute atomic E-state index is 0. The van der Waals surface area contributed by atoms with Crippen LogP contribution in [0.25, 0.3) is 16.6 Å². The standard InChI is InChI=1S/C20H23N7O.2H2/c1-12-16-8-6-14(10-17(16)25-24-12)22-20-23-19-4-2-3-18(27(19)26-20)21-11-13-5-7-15(28)9-13;;/h2-4,6,8,10,13,15,21,28H,5,7,9,11H2,1H3,(H,22,26)(H,24,25);2*1H/t13-,15+;;/m1../s1. The molecule has 1 fully saturated rings. The van der Waals surface area contributed by atoms with Crippen LogP contribution in [0.4, 0.5) is 17.5 Å². The van der Waals surface area contributed by atoms with Gasteiger partial charge in [-0.1, -0.05) is 6.07 Å². The molecule has 0 unspecified atom stereocenters. The summed E-state index contributed by atoms with van der Waals surface area (Å²) in [5.74, 6) is 1.94. The van der Waals surface area contributed by atoms with Gasteiger partial charge >= 0.3 is 0 Å². The van der Waals surface area contributed by atoms with Gasteiger partial charge in [0, 0.05) is 26.2 Å². The van der Waals surface area contributed by atoms with Crippen LogP contribution in [0.3, 0.4) is 0 Å². The number of hydrogen-bond donors (Lipinski definition) is 4. The zero-order chi connectivity index (χ0) is 19.1. The molecule has 5 rings (SSSR count). The van der Waals surface area contributed by atoms with Crippen LogP contribution in [0.15, 0.2) is 36.4 Å². The van der Waals surface area contributed by atoms with Gasteiger partial charge in [0.15, 0.2) is 5.65 Å². The van der Waals surface area contributed by atoms with Gasteiger partial charge in [0.2, 0.25) is 5.95 Å². The Kier molecular flexibility index (Phi) is 4.12. The molecule has 148 valence electrons. The Balaban J connectivity index is 0.00000128. The maximum absolute atomic E-state index is 9.71. The van der Waals surface area contributed by atoms with Gasteiger partial charge < -0.3 is 15.7 Å². The zero-order valence-electron chi connectivity index (χ0n) is 15.7. The molecule has 3 aromatic heterocycles. The molecule has 0 spiro atoms. The Morgan fingerprint density at radius 2 is 2.21 bits per heavy atom. The molecule has 1 aliphatic carbocycles. The summed E-state index contributed by atoms with van der Waals surface area (Å²) in [6.45, 7) is 2.83. The first kappa shape index (κ1) is 17.0. The van der Waals surface area contributed by atoms with Gasteiger partial charge in [0.05, 0.1) is 11.6 Å². The summed E-state index contributed by atoms with van der Waals surface area (Å²) in [6.07, 6.45) is 2.67. The molecule has 4 N–H and O–H groups in total. The molecular formula is C20H27N7O. The molecule has 0 aliphatic heterocycles. The Labute approximate surface area is 165 Å². The molecule has 1 aromatic carbocycles. The van der Waals surface area contributed by atoms with Crippen molar-refractivity contribution in [1.29, 1.82) is 0 Å². The van der Waals surface area contributed by atoms with Crippen molar-refractivity contribution in [3.05, 3.63) is 42.1 Å². The Morgan fingerprint density at radius 1 is 1.29 bits per heavy atom. The van der Waals surface area contributed by atoms with Gasteiger partial charge in [0.25, 0.3) is 0 Å². The smallest absolute Gasteiger partial charge is 0.247 e. The molecule has 0 amide bonds. The molecule has 4 aromatic rings. The van der Waals surface area contributed by atoms with E-state index in [4.69, 9.17) is 0 Å². The van der Waals surface area contributed by atoms with E-state index < -0.39 is 0 Å². The first-order valence-corrected chi connectivity index (χ1v) is 9.65. The van der Waals surface area contributed by atoms with E-state index in [2.05, 4.69) is 30.9 Å². The number of fused-ring (bicyclic) bond motifs is 2. The summed E-state index contributed by atoms with van der Waals surface area (Å²) in [7, 11) is 0. The average molecular weight is 381 g/mol. The van der Waals surface area contributed by atoms with Gasteiger partial charge in [-0.3, -0.25) is 5.10 Å². The molecule has 0 saturated heterocycles. The van der Waals surface area contributed by atoms with Crippen LogP contribution in [0, 0.1) is 12.8 Å². The van der Waals surface area contributed by atoms with Crippen LogP contribution < -0.4 is 10.6 Å². The largest absolute Gasteiger partial charge is 0.393 e. The third-order valence-corrected chi connectivity index (χ3v) is 5.45. The third-order valence-electron chi connectivity index (χ3n) is 5.45. The van der Waals surface area contributed by atoms with Gasteiger partial charge in [-0.05, 0) is 62.4 Å². The number of benzene rings is 1. The minimum Gasteiger partial charge on any atom is -0.393 e. The summed E-state index contributed by atoms with van der Waals surface area (Å²) in [5, 5.41) is 29.5. The highest BCUT2D eigenvalue weighted by Gasteiger charge is 2.22. The highest BCUT2D eigenvalue weighted by atomic mass is 16.3. The van der Waals surface area contributed by atoms with E-state index in [9.17, 15) is 5.11 Å². The van der Waals surface area contributed by atoms with Gasteiger partial charge in [0.1, 0.15) is 5.82 Å². The van der Waals surface area contributed by atoms with Crippen LogP contribution in [0.5, 0.6) is 0 Å². The van der Waals surface area contributed by atoms with Crippen LogP contribution in [-0.2, 0) is 0 Å². The second-order valence-corrected chi connectivity index (χ2v) is 7.54. The predicted molar refractivity (Wildman–Crippen MR) is 113 cm³/mol. The molecular weight excluding hydrogens is 354 g/mol. The van der Waals surface area contributed by atoms with E-state index in [1.807, 2.05) is 47.8 Å². The molecule has 0 radical (unpaired) electrons. The second-order valence-electron chi connectivity index (χ2n) is 7.54. The Morgan fingerprint density at radius 3 is 3.07 bits per heavy atom. The number of anilines is 3. The Hall–Kier alpha value is -3.13. The fourth-order valence-corrected chi connectivity index (χ4v) is 3.93. The van der Waals surface area contributed by atoms with Crippen LogP contribution in [0.2, 0.25) is 0 Å². The van der Waals surface area contributed by atoms with Crippen molar-refractivity contribution >= 4 is 34.0 Å². The van der Waals surface area contributed by atoms with E-state index in [1.165, 1.54) is 0 Å². The molecule has 28 heavy (non-hydrogen) atoms. The van der Waals surface area contributed by atoms with Gasteiger partial charge in [-0.15, -0.1) is 5.10 Å². The second kappa shape index (κ2) is 6.79. The lowest BCUT2D eigenvalue weighted by molar-refractivity contribution is 0.178. The zero-order valence-corrected chi connectivity index (χ0v) is 15.7. The molecule has 2 atom stereocenters. The molecule has 3 heterocycles. The van der Waals surface area contributed by atoms with E-state index >= 15 is 0 Å². The number of aliphatic hydroxyl groups excluding tert-OH is 1. The topological polar surface area (TPSA) is 103 Å². The Bertz CT molecular complexity index is 1140. The maximum Gasteiger partial charge on any atom is 0.247 e. The van der Waals surface area contributed by atoms with Crippen molar-refractivity contribution in [1.82, 2.24) is 24.8 Å². The van der Waals surface area contributed by atoms with Gasteiger partial charge in [-0.25, -0.2) is 0 Å². The molecule has 1 saturated carbocycles. The van der Waals surface area contributed by atoms with Crippen LogP contribution in [0.1, 0.15) is 27.8 Å². The summed E-state index contributed by atoms with van der Waals surface area (Å²) in [6, 6.07) is 11.9. The van der Waals surface area contributed by atoms with Crippen LogP contribution >= 0.6 is 0 Å². The fourth-order valence-electron chi connectivity index (χ4n) is 3.93. The number of nitrogens with zero attached hydrogens (tertiary/aromatic N) is 4. The lowest BCUT2D eigenvalue weighted by Crippen LogP contribution is -2.14. The number of pyridine rings is 1. The first-order valence-electron chi connectivity index (χ1n) is 9.65. The van der Waals surface area contributed by atoms with Crippen molar-refractivity contribution in [2.24, 2.45) is 5.92 Å². The summed E-state index contributed by atoms with van der Waals surface area (Å²) in [4.78, 5) is 4.58. The maximum atomic E-state index is 9.71. The number of H-pyrrole nitrogens is 1. The number of aromatic nitrogens is 5. The predicted octanol–water partition coefficient (Wildman–Crippen LogP) is 3.72. The van der Waals surface area contributed by atoms with Crippen molar-refractivity contribution in [3.8, 4) is 0 Å². The third kappa shape index (κ3) is 3.16. The minimum atomic E-state index is -0.152. The molecule has 8 nitrogen and oxygen atoms in total. The highest BCUT2D eigenvalue weighted by Crippen LogP contribution is 2.26. The van der Waals surface area contributed by atoms with Crippen molar-refractivity contribution in [2.75, 3.05) is 17.2 Å². The summed E-state index contributed by atoms with van der Waals surface area (Å²) < 4.78 is 1.81. The van der Waals surface area contributed by atoms with E-state index in [0.717, 1.165) is 59.6 Å². The number of aromatic amines is 1. The van der Waals surface area contributed by atoms with Crippen molar-refractivity contribution in [3.63, 3.8) is 0 Å².